The molecule has 0 unspecified atom stereocenters. The van der Waals surface area contributed by atoms with Crippen molar-refractivity contribution >= 4 is 0 Å². The van der Waals surface area contributed by atoms with Crippen LogP contribution in [0.15, 0.2) is 61.2 Å². The highest BCUT2D eigenvalue weighted by Crippen LogP contribution is 1.76. The van der Waals surface area contributed by atoms with E-state index in [0.717, 1.165) is 0 Å². The van der Waals surface area contributed by atoms with Crippen LogP contribution in [0.25, 0.3) is 0 Å². The molecule has 18 heavy (non-hydrogen) atoms. The molecule has 0 spiro atoms. The molecule has 6 nitrogen and oxygen atoms in total. The van der Waals surface area contributed by atoms with Crippen molar-refractivity contribution in [2.45, 2.75) is 0 Å². The first-order chi connectivity index (χ1) is 7.97. The van der Waals surface area contributed by atoms with E-state index in [1.807, 2.05) is 70.5 Å². The molecule has 0 fully saturated rings. The van der Waals surface area contributed by atoms with Crippen LogP contribution in [0.5, 0.6) is 0 Å². The van der Waals surface area contributed by atoms with Crippen LogP contribution in [-0.2, 0) is 0 Å². The van der Waals surface area contributed by atoms with Gasteiger partial charge in [-0.2, -0.15) is 0 Å². The van der Waals surface area contributed by atoms with Gasteiger partial charge in [-0.1, -0.05) is 0 Å². The molecule has 2 aromatic rings. The van der Waals surface area contributed by atoms with Gasteiger partial charge in [0.1, 0.15) is 0 Å². The van der Waals surface area contributed by atoms with E-state index >= 15 is 0 Å². The quantitative estimate of drug-likeness (QED) is 0.488. The Kier molecular flexibility index (Phi) is 7.37. The maximum atomic E-state index is 8.49. The van der Waals surface area contributed by atoms with Gasteiger partial charge in [0.25, 0.3) is 0 Å². The van der Waals surface area contributed by atoms with Gasteiger partial charge in [0.2, 0.25) is 24.8 Å². The SMILES string of the molecule is [Cl-].[O-][Cl+3]([O-])([O-])[O-].c1cc[n+](-[n+]2ccccc2)cc1. The fraction of sp³-hybridized carbons (Fsp3) is 0. The van der Waals surface area contributed by atoms with Gasteiger partial charge in [0.05, 0.1) is 9.35 Å². The van der Waals surface area contributed by atoms with E-state index in [0.29, 0.717) is 0 Å². The zero-order chi connectivity index (χ0) is 12.7. The number of nitrogens with zero attached hydrogens (tertiary/aromatic N) is 2. The molecule has 2 aromatic heterocycles. The molecule has 0 saturated heterocycles. The number of pyridine rings is 2. The minimum atomic E-state index is -4.94. The summed E-state index contributed by atoms with van der Waals surface area (Å²) in [6.45, 7) is 0. The maximum absolute atomic E-state index is 8.49. The lowest BCUT2D eigenvalue weighted by Gasteiger charge is -2.17. The molecule has 0 bridgehead atoms. The molecule has 0 saturated carbocycles. The Hall–Kier alpha value is -1.28. The molecular formula is C10H10Cl2N2O4. The van der Waals surface area contributed by atoms with Gasteiger partial charge in [-0.3, -0.25) is 0 Å². The van der Waals surface area contributed by atoms with E-state index in [1.165, 1.54) is 0 Å². The van der Waals surface area contributed by atoms with Crippen LogP contribution in [0, 0.1) is 10.2 Å². The smallest absolute Gasteiger partial charge is 0.242 e. The van der Waals surface area contributed by atoms with Crippen molar-refractivity contribution in [3.05, 3.63) is 61.2 Å². The third-order valence-corrected chi connectivity index (χ3v) is 1.67. The van der Waals surface area contributed by atoms with Crippen molar-refractivity contribution in [1.82, 2.24) is 0 Å². The Labute approximate surface area is 112 Å². The van der Waals surface area contributed by atoms with Crippen LogP contribution in [-0.4, -0.2) is 0 Å². The topological polar surface area (TPSA) is 100 Å². The minimum absolute atomic E-state index is 0. The standard InChI is InChI=1S/C10H10N2.ClHO4.ClH/c1-3-7-11(8-4-1)12-9-5-2-6-10-12;2-1(3,4)5;/h1-10H;(H,2,3,4,5);1H/q+2;;/p-2. The number of halogens is 2. The molecule has 2 heterocycles. The van der Waals surface area contributed by atoms with E-state index < -0.39 is 10.2 Å². The first-order valence-electron chi connectivity index (χ1n) is 4.52. The van der Waals surface area contributed by atoms with Gasteiger partial charge in [0, 0.05) is 24.3 Å². The summed E-state index contributed by atoms with van der Waals surface area (Å²) in [6, 6.07) is 12.0. The second-order valence-corrected chi connectivity index (χ2v) is 3.64. The second kappa shape index (κ2) is 7.93. The van der Waals surface area contributed by atoms with Gasteiger partial charge in [0.15, 0.2) is 0 Å². The summed E-state index contributed by atoms with van der Waals surface area (Å²) in [5, 5.41) is 0. The number of aromatic nitrogens is 2. The third kappa shape index (κ3) is 7.91. The molecule has 0 atom stereocenters. The average molecular weight is 293 g/mol. The molecule has 0 aliphatic carbocycles. The molecule has 0 aliphatic rings. The predicted octanol–water partition coefficient (Wildman–Crippen LogP) is -7.18. The minimum Gasteiger partial charge on any atom is -1.00 e. The summed E-state index contributed by atoms with van der Waals surface area (Å²) in [5.41, 5.74) is 0. The van der Waals surface area contributed by atoms with Crippen LogP contribution < -0.4 is 40.4 Å². The summed E-state index contributed by atoms with van der Waals surface area (Å²) < 4.78 is 38.0. The summed E-state index contributed by atoms with van der Waals surface area (Å²) >= 11 is 0. The van der Waals surface area contributed by atoms with Gasteiger partial charge < -0.3 is 12.4 Å². The fourth-order valence-electron chi connectivity index (χ4n) is 1.09. The summed E-state index contributed by atoms with van der Waals surface area (Å²) in [5.74, 6) is 0. The van der Waals surface area contributed by atoms with Crippen molar-refractivity contribution in [1.29, 1.82) is 0 Å². The zero-order valence-corrected chi connectivity index (χ0v) is 10.6. The van der Waals surface area contributed by atoms with Crippen molar-refractivity contribution in [3.8, 4) is 0 Å². The van der Waals surface area contributed by atoms with Gasteiger partial charge in [-0.15, -0.1) is 10.2 Å². The largest absolute Gasteiger partial charge is 1.00 e. The summed E-state index contributed by atoms with van der Waals surface area (Å²) in [4.78, 5) is 0. The maximum Gasteiger partial charge on any atom is 0.242 e. The summed E-state index contributed by atoms with van der Waals surface area (Å²) in [7, 11) is -4.94. The van der Waals surface area contributed by atoms with E-state index in [2.05, 4.69) is 0 Å². The Morgan fingerprint density at radius 2 is 0.778 bits per heavy atom. The Morgan fingerprint density at radius 3 is 1.00 bits per heavy atom. The second-order valence-electron chi connectivity index (χ2n) is 2.89. The normalized spacial score (nSPS) is 9.78. The van der Waals surface area contributed by atoms with E-state index in [4.69, 9.17) is 18.6 Å². The van der Waals surface area contributed by atoms with Gasteiger partial charge in [-0.25, -0.2) is 18.6 Å². The predicted molar refractivity (Wildman–Crippen MR) is 44.1 cm³/mol. The molecule has 0 aliphatic heterocycles. The first kappa shape index (κ1) is 16.7. The van der Waals surface area contributed by atoms with E-state index in [9.17, 15) is 0 Å². The van der Waals surface area contributed by atoms with Gasteiger partial charge in [-0.05, 0) is 12.1 Å². The summed E-state index contributed by atoms with van der Waals surface area (Å²) in [6.07, 6.45) is 8.00. The molecule has 0 radical (unpaired) electrons. The monoisotopic (exact) mass is 292 g/mol. The van der Waals surface area contributed by atoms with Crippen molar-refractivity contribution in [2.75, 3.05) is 0 Å². The Morgan fingerprint density at radius 1 is 0.556 bits per heavy atom. The number of rotatable bonds is 1. The molecule has 0 N–H and O–H groups in total. The highest BCUT2D eigenvalue weighted by atomic mass is 35.7. The number of hydrogen-bond donors (Lipinski definition) is 0. The van der Waals surface area contributed by atoms with Crippen LogP contribution in [0.1, 0.15) is 0 Å². The van der Waals surface area contributed by atoms with Crippen molar-refractivity contribution < 1.29 is 50.6 Å². The molecular weight excluding hydrogens is 283 g/mol. The third-order valence-electron chi connectivity index (χ3n) is 1.67. The van der Waals surface area contributed by atoms with Crippen LogP contribution in [0.4, 0.5) is 0 Å². The Balaban J connectivity index is 0.000000421. The fourth-order valence-corrected chi connectivity index (χ4v) is 1.09. The van der Waals surface area contributed by atoms with E-state index in [-0.39, 0.29) is 12.4 Å². The zero-order valence-electron chi connectivity index (χ0n) is 9.06. The lowest BCUT2D eigenvalue weighted by Crippen LogP contribution is -3.00. The lowest BCUT2D eigenvalue weighted by atomic mass is 10.5. The highest BCUT2D eigenvalue weighted by Gasteiger charge is 2.06. The Bertz CT molecular complexity index is 393. The molecule has 8 heteroatoms. The number of hydrogen-bond acceptors (Lipinski definition) is 4. The lowest BCUT2D eigenvalue weighted by molar-refractivity contribution is -2.00. The molecule has 98 valence electrons. The molecule has 2 rings (SSSR count). The van der Waals surface area contributed by atoms with Gasteiger partial charge >= 0.3 is 0 Å². The van der Waals surface area contributed by atoms with Crippen LogP contribution in [0.3, 0.4) is 0 Å². The first-order valence-corrected chi connectivity index (χ1v) is 5.75. The highest BCUT2D eigenvalue weighted by molar-refractivity contribution is 4.84. The van der Waals surface area contributed by atoms with E-state index in [1.54, 1.807) is 0 Å². The van der Waals surface area contributed by atoms with Crippen LogP contribution in [0.2, 0.25) is 0 Å². The average Bonchev–Trinajstić information content (AvgIpc) is 2.29. The van der Waals surface area contributed by atoms with Crippen LogP contribution >= 0.6 is 0 Å². The molecule has 0 aromatic carbocycles. The van der Waals surface area contributed by atoms with Crippen molar-refractivity contribution in [2.24, 2.45) is 0 Å². The van der Waals surface area contributed by atoms with Crippen molar-refractivity contribution in [3.63, 3.8) is 0 Å². The molecule has 0 amide bonds.